The topological polar surface area (TPSA) is 52.8 Å². The number of nitrogens with zero attached hydrogens (tertiary/aromatic N) is 3. The van der Waals surface area contributed by atoms with Crippen molar-refractivity contribution in [3.05, 3.63) is 58.1 Å². The van der Waals surface area contributed by atoms with E-state index in [0.717, 1.165) is 10.2 Å². The van der Waals surface area contributed by atoms with E-state index in [2.05, 4.69) is 26.2 Å². The number of aliphatic imine (C=N–C) groups is 1. The molecule has 138 valence electrons. The van der Waals surface area contributed by atoms with E-state index in [1.807, 2.05) is 35.8 Å². The molecule has 0 amide bonds. The van der Waals surface area contributed by atoms with Crippen LogP contribution >= 0.6 is 39.9 Å². The first kappa shape index (κ1) is 21.9. The van der Waals surface area contributed by atoms with Crippen LogP contribution in [0, 0.1) is 5.82 Å². The van der Waals surface area contributed by atoms with E-state index in [1.165, 1.54) is 6.07 Å². The fourth-order valence-electron chi connectivity index (χ4n) is 2.47. The average molecular weight is 525 g/mol. The summed E-state index contributed by atoms with van der Waals surface area (Å²) in [7, 11) is 5.56. The molecule has 2 aromatic rings. The van der Waals surface area contributed by atoms with Crippen LogP contribution in [0.3, 0.4) is 0 Å². The molecule has 0 aliphatic heterocycles. The predicted octanol–water partition coefficient (Wildman–Crippen LogP) is 3.29. The molecule has 0 bridgehead atoms. The minimum atomic E-state index is -0.944. The van der Waals surface area contributed by atoms with Crippen LogP contribution < -0.4 is 5.32 Å². The third kappa shape index (κ3) is 5.96. The van der Waals surface area contributed by atoms with Crippen LogP contribution in [0.5, 0.6) is 0 Å². The van der Waals surface area contributed by atoms with Gasteiger partial charge in [0.05, 0.1) is 12.6 Å². The van der Waals surface area contributed by atoms with Gasteiger partial charge < -0.3 is 19.9 Å². The fourth-order valence-corrected chi connectivity index (χ4v) is 3.04. The lowest BCUT2D eigenvalue weighted by Crippen LogP contribution is -2.40. The molecule has 0 saturated carbocycles. The van der Waals surface area contributed by atoms with E-state index in [0.29, 0.717) is 12.5 Å². The van der Waals surface area contributed by atoms with E-state index in [9.17, 15) is 9.50 Å². The summed E-state index contributed by atoms with van der Waals surface area (Å²) in [6, 6.07) is 8.26. The molecule has 5 nitrogen and oxygen atoms in total. The molecule has 0 fully saturated rings. The van der Waals surface area contributed by atoms with Gasteiger partial charge in [-0.05, 0) is 28.1 Å². The molecule has 2 N–H and O–H groups in total. The Kier molecular flexibility index (Phi) is 8.87. The quantitative estimate of drug-likeness (QED) is 0.358. The number of rotatable bonds is 5. The maximum atomic E-state index is 13.7. The highest BCUT2D eigenvalue weighted by atomic mass is 127. The Balaban J connectivity index is 0.00000312. The largest absolute Gasteiger partial charge is 0.386 e. The maximum absolute atomic E-state index is 13.7. The predicted molar refractivity (Wildman–Crippen MR) is 113 cm³/mol. The van der Waals surface area contributed by atoms with Crippen LogP contribution in [0.15, 0.2) is 46.0 Å². The first-order valence-electron chi connectivity index (χ1n) is 7.57. The van der Waals surface area contributed by atoms with Gasteiger partial charge in [-0.15, -0.1) is 24.0 Å². The van der Waals surface area contributed by atoms with Crippen LogP contribution in [0.1, 0.15) is 17.4 Å². The first-order chi connectivity index (χ1) is 11.4. The monoisotopic (exact) mass is 524 g/mol. The molecule has 0 aliphatic carbocycles. The molecule has 1 unspecified atom stereocenters. The summed E-state index contributed by atoms with van der Waals surface area (Å²) in [5.74, 6) is 0.214. The third-order valence-electron chi connectivity index (χ3n) is 3.76. The summed E-state index contributed by atoms with van der Waals surface area (Å²) in [6.07, 6.45) is 1.04. The minimum Gasteiger partial charge on any atom is -0.386 e. The molecule has 2 rings (SSSR count). The maximum Gasteiger partial charge on any atom is 0.193 e. The number of benzene rings is 1. The highest BCUT2D eigenvalue weighted by molar-refractivity contribution is 14.0. The van der Waals surface area contributed by atoms with Gasteiger partial charge in [-0.3, -0.25) is 4.99 Å². The molecule has 1 aromatic carbocycles. The van der Waals surface area contributed by atoms with Crippen LogP contribution in [0.2, 0.25) is 0 Å². The Bertz CT molecular complexity index is 722. The van der Waals surface area contributed by atoms with E-state index in [-0.39, 0.29) is 36.1 Å². The highest BCUT2D eigenvalue weighted by Crippen LogP contribution is 2.17. The van der Waals surface area contributed by atoms with Gasteiger partial charge in [0.25, 0.3) is 0 Å². The summed E-state index contributed by atoms with van der Waals surface area (Å²) in [5.41, 5.74) is 1.39. The number of aromatic nitrogens is 1. The smallest absolute Gasteiger partial charge is 0.193 e. The number of aliphatic hydroxyl groups is 1. The van der Waals surface area contributed by atoms with Crippen molar-refractivity contribution in [3.8, 4) is 0 Å². The van der Waals surface area contributed by atoms with Crippen molar-refractivity contribution >= 4 is 45.9 Å². The van der Waals surface area contributed by atoms with Crippen molar-refractivity contribution in [3.63, 3.8) is 0 Å². The van der Waals surface area contributed by atoms with Gasteiger partial charge in [0, 0.05) is 49.6 Å². The molecular weight excluding hydrogens is 502 g/mol. The summed E-state index contributed by atoms with van der Waals surface area (Å²) in [5, 5.41) is 13.3. The lowest BCUT2D eigenvalue weighted by Gasteiger charge is -2.23. The number of halogens is 3. The first-order valence-corrected chi connectivity index (χ1v) is 8.36. The zero-order valence-corrected chi connectivity index (χ0v) is 18.3. The van der Waals surface area contributed by atoms with Gasteiger partial charge >= 0.3 is 0 Å². The van der Waals surface area contributed by atoms with Gasteiger partial charge in [0.2, 0.25) is 0 Å². The average Bonchev–Trinajstić information content (AvgIpc) is 2.85. The second-order valence-electron chi connectivity index (χ2n) is 5.58. The van der Waals surface area contributed by atoms with Gasteiger partial charge in [-0.1, -0.05) is 18.2 Å². The second-order valence-corrected chi connectivity index (χ2v) is 6.50. The van der Waals surface area contributed by atoms with Gasteiger partial charge in [-0.25, -0.2) is 4.39 Å². The van der Waals surface area contributed by atoms with Crippen molar-refractivity contribution in [2.45, 2.75) is 12.6 Å². The lowest BCUT2D eigenvalue weighted by molar-refractivity contribution is 0.175. The summed E-state index contributed by atoms with van der Waals surface area (Å²) in [4.78, 5) is 6.15. The van der Waals surface area contributed by atoms with Crippen molar-refractivity contribution in [1.29, 1.82) is 0 Å². The number of hydrogen-bond donors (Lipinski definition) is 2. The number of aliphatic hydroxyl groups excluding tert-OH is 1. The highest BCUT2D eigenvalue weighted by Gasteiger charge is 2.15. The van der Waals surface area contributed by atoms with E-state index >= 15 is 0 Å². The Morgan fingerprint density at radius 1 is 1.44 bits per heavy atom. The van der Waals surface area contributed by atoms with Crippen molar-refractivity contribution in [2.75, 3.05) is 20.6 Å². The molecule has 1 heterocycles. The fraction of sp³-hybridized carbons (Fsp3) is 0.353. The summed E-state index contributed by atoms with van der Waals surface area (Å²) in [6.45, 7) is 0.826. The van der Waals surface area contributed by atoms with Crippen LogP contribution in [-0.2, 0) is 13.6 Å². The summed E-state index contributed by atoms with van der Waals surface area (Å²) >= 11 is 3.46. The van der Waals surface area contributed by atoms with Gasteiger partial charge in [0.1, 0.15) is 5.82 Å². The molecule has 0 radical (unpaired) electrons. The lowest BCUT2D eigenvalue weighted by atomic mass is 10.1. The van der Waals surface area contributed by atoms with E-state index in [4.69, 9.17) is 0 Å². The van der Waals surface area contributed by atoms with E-state index < -0.39 is 11.9 Å². The second kappa shape index (κ2) is 10.1. The minimum absolute atomic E-state index is 0. The van der Waals surface area contributed by atoms with Crippen LogP contribution in [0.4, 0.5) is 4.39 Å². The van der Waals surface area contributed by atoms with Gasteiger partial charge in [-0.2, -0.15) is 0 Å². The van der Waals surface area contributed by atoms with Crippen molar-refractivity contribution in [1.82, 2.24) is 14.8 Å². The molecule has 1 atom stereocenters. The SMILES string of the molecule is CN=C(NCC(O)c1ccccc1F)N(C)Cc1cc(Br)cn1C.I. The normalized spacial score (nSPS) is 12.5. The van der Waals surface area contributed by atoms with Crippen molar-refractivity contribution in [2.24, 2.45) is 12.0 Å². The standard InChI is InChI=1S/C17H22BrFN4O.HI/c1-20-17(23(3)11-13-8-12(18)10-22(13)2)21-9-16(24)14-6-4-5-7-15(14)19;/h4-8,10,16,24H,9,11H2,1-3H3,(H,20,21);1H. The Morgan fingerprint density at radius 3 is 2.68 bits per heavy atom. The molecule has 0 aliphatic rings. The number of hydrogen-bond acceptors (Lipinski definition) is 2. The molecular formula is C17H23BrFIN4O. The van der Waals surface area contributed by atoms with Gasteiger partial charge in [0.15, 0.2) is 5.96 Å². The molecule has 25 heavy (non-hydrogen) atoms. The Morgan fingerprint density at radius 2 is 2.12 bits per heavy atom. The number of nitrogens with one attached hydrogen (secondary N) is 1. The van der Waals surface area contributed by atoms with Crippen LogP contribution in [-0.4, -0.2) is 41.2 Å². The molecule has 8 heteroatoms. The molecule has 1 aromatic heterocycles. The zero-order chi connectivity index (χ0) is 17.7. The molecule has 0 spiro atoms. The Labute approximate surface area is 173 Å². The third-order valence-corrected chi connectivity index (χ3v) is 4.20. The Hall–Kier alpha value is -1.13. The summed E-state index contributed by atoms with van der Waals surface area (Å²) < 4.78 is 16.8. The van der Waals surface area contributed by atoms with Crippen LogP contribution in [0.25, 0.3) is 0 Å². The van der Waals surface area contributed by atoms with E-state index in [1.54, 1.807) is 25.2 Å². The molecule has 0 saturated heterocycles. The number of guanidine groups is 1. The zero-order valence-electron chi connectivity index (χ0n) is 14.4. The van der Waals surface area contributed by atoms with Crippen molar-refractivity contribution < 1.29 is 9.50 Å². The number of aryl methyl sites for hydroxylation is 1.